The first-order valence-corrected chi connectivity index (χ1v) is 13.7. The van der Waals surface area contributed by atoms with Crippen molar-refractivity contribution >= 4 is 70.3 Å². The maximum Gasteiger partial charge on any atom is 0.328 e. The van der Waals surface area contributed by atoms with Crippen molar-refractivity contribution in [2.75, 3.05) is 31.2 Å². The lowest BCUT2D eigenvalue weighted by molar-refractivity contribution is -0.147. The minimum atomic E-state index is -1.01. The van der Waals surface area contributed by atoms with Crippen LogP contribution in [-0.4, -0.2) is 72.5 Å². The number of methoxy groups -OCH3 is 2. The van der Waals surface area contributed by atoms with E-state index in [-0.39, 0.29) is 40.8 Å². The molecule has 1 saturated heterocycles. The third-order valence-electron chi connectivity index (χ3n) is 5.92. The average molecular weight is 596 g/mol. The smallest absolute Gasteiger partial charge is 0.328 e. The van der Waals surface area contributed by atoms with Crippen molar-refractivity contribution in [1.82, 2.24) is 10.2 Å². The Balaban J connectivity index is 1.64. The molecule has 0 spiro atoms. The van der Waals surface area contributed by atoms with Gasteiger partial charge in [-0.25, -0.2) is 4.79 Å². The molecule has 0 aromatic heterocycles. The molecule has 0 radical (unpaired) electrons. The number of esters is 2. The number of anilines is 1. The van der Waals surface area contributed by atoms with E-state index < -0.39 is 35.8 Å². The van der Waals surface area contributed by atoms with Crippen LogP contribution in [-0.2, 0) is 35.1 Å². The number of nitrogens with zero attached hydrogens (tertiary/aromatic N) is 1. The van der Waals surface area contributed by atoms with Crippen LogP contribution in [0.4, 0.5) is 5.69 Å². The van der Waals surface area contributed by atoms with Crippen LogP contribution >= 0.6 is 35.0 Å². The average Bonchev–Trinajstić information content (AvgIpc) is 3.42. The maximum atomic E-state index is 13.1. The zero-order chi connectivity index (χ0) is 28.5. The van der Waals surface area contributed by atoms with Gasteiger partial charge in [0.1, 0.15) is 12.1 Å². The number of hydrogen-bond donors (Lipinski definition) is 2. The van der Waals surface area contributed by atoms with Gasteiger partial charge in [0.15, 0.2) is 0 Å². The molecule has 3 amide bonds. The van der Waals surface area contributed by atoms with E-state index in [0.717, 1.165) is 0 Å². The van der Waals surface area contributed by atoms with Crippen molar-refractivity contribution in [3.63, 3.8) is 0 Å². The highest BCUT2D eigenvalue weighted by molar-refractivity contribution is 7.99. The van der Waals surface area contributed by atoms with Crippen LogP contribution in [0.15, 0.2) is 42.5 Å². The Bertz CT molecular complexity index is 1220. The zero-order valence-corrected chi connectivity index (χ0v) is 23.5. The molecule has 2 unspecified atom stereocenters. The van der Waals surface area contributed by atoms with E-state index in [9.17, 15) is 24.0 Å². The molecular formula is C26H27Cl2N3O7S. The molecule has 0 bridgehead atoms. The normalized spacial score (nSPS) is 15.3. The van der Waals surface area contributed by atoms with E-state index in [1.165, 1.54) is 30.9 Å². The largest absolute Gasteiger partial charge is 0.469 e. The summed E-state index contributed by atoms with van der Waals surface area (Å²) in [7, 11) is 2.45. The number of hydrogen-bond acceptors (Lipinski definition) is 8. The van der Waals surface area contributed by atoms with E-state index in [0.29, 0.717) is 22.9 Å². The van der Waals surface area contributed by atoms with E-state index in [1.54, 1.807) is 42.5 Å². The highest BCUT2D eigenvalue weighted by Crippen LogP contribution is 2.26. The minimum Gasteiger partial charge on any atom is -0.469 e. The van der Waals surface area contributed by atoms with Crippen molar-refractivity contribution in [1.29, 1.82) is 0 Å². The first-order chi connectivity index (χ1) is 18.6. The molecule has 2 N–H and O–H groups in total. The van der Waals surface area contributed by atoms with Crippen LogP contribution in [0, 0.1) is 0 Å². The number of nitrogens with one attached hydrogen (secondary N) is 2. The van der Waals surface area contributed by atoms with E-state index in [2.05, 4.69) is 15.4 Å². The summed E-state index contributed by atoms with van der Waals surface area (Å²) in [6.07, 6.45) is -0.0559. The highest BCUT2D eigenvalue weighted by Gasteiger charge is 2.36. The van der Waals surface area contributed by atoms with E-state index >= 15 is 0 Å². The fourth-order valence-corrected chi connectivity index (χ4v) is 5.58. The second-order valence-electron chi connectivity index (χ2n) is 8.49. The van der Waals surface area contributed by atoms with Crippen LogP contribution in [0.5, 0.6) is 0 Å². The van der Waals surface area contributed by atoms with Gasteiger partial charge in [-0.3, -0.25) is 19.2 Å². The molecular weight excluding hydrogens is 569 g/mol. The topological polar surface area (TPSA) is 131 Å². The predicted molar refractivity (Wildman–Crippen MR) is 148 cm³/mol. The molecule has 1 aliphatic rings. The Morgan fingerprint density at radius 1 is 1.00 bits per heavy atom. The third-order valence-corrected chi connectivity index (χ3v) is 7.56. The Morgan fingerprint density at radius 2 is 1.67 bits per heavy atom. The summed E-state index contributed by atoms with van der Waals surface area (Å²) in [5.41, 5.74) is 1.31. The summed E-state index contributed by atoms with van der Waals surface area (Å²) < 4.78 is 9.44. The molecule has 13 heteroatoms. The van der Waals surface area contributed by atoms with Gasteiger partial charge in [-0.15, -0.1) is 11.8 Å². The van der Waals surface area contributed by atoms with Crippen LogP contribution < -0.4 is 10.6 Å². The summed E-state index contributed by atoms with van der Waals surface area (Å²) in [4.78, 5) is 63.5. The number of carbonyl (C=O) groups excluding carboxylic acids is 5. The molecule has 0 saturated carbocycles. The van der Waals surface area contributed by atoms with Gasteiger partial charge in [-0.2, -0.15) is 0 Å². The molecule has 10 nitrogen and oxygen atoms in total. The fourth-order valence-electron chi connectivity index (χ4n) is 3.83. The van der Waals surface area contributed by atoms with Gasteiger partial charge in [0.2, 0.25) is 11.8 Å². The van der Waals surface area contributed by atoms with Crippen LogP contribution in [0.3, 0.4) is 0 Å². The van der Waals surface area contributed by atoms with Crippen molar-refractivity contribution in [3.05, 3.63) is 63.6 Å². The first-order valence-electron chi connectivity index (χ1n) is 11.8. The fraction of sp³-hybridized carbons (Fsp3) is 0.346. The third kappa shape index (κ3) is 8.11. The predicted octanol–water partition coefficient (Wildman–Crippen LogP) is 3.30. The van der Waals surface area contributed by atoms with Gasteiger partial charge in [0, 0.05) is 24.3 Å². The van der Waals surface area contributed by atoms with E-state index in [1.807, 2.05) is 0 Å². The highest BCUT2D eigenvalue weighted by atomic mass is 35.5. The van der Waals surface area contributed by atoms with Crippen LogP contribution in [0.1, 0.15) is 28.8 Å². The van der Waals surface area contributed by atoms with Crippen molar-refractivity contribution in [2.45, 2.75) is 31.3 Å². The quantitative estimate of drug-likeness (QED) is 0.400. The van der Waals surface area contributed by atoms with Crippen molar-refractivity contribution in [2.24, 2.45) is 0 Å². The second kappa shape index (κ2) is 14.2. The van der Waals surface area contributed by atoms with Gasteiger partial charge in [0.05, 0.1) is 42.1 Å². The van der Waals surface area contributed by atoms with Gasteiger partial charge < -0.3 is 25.0 Å². The van der Waals surface area contributed by atoms with Crippen LogP contribution in [0.25, 0.3) is 0 Å². The number of rotatable bonds is 10. The zero-order valence-electron chi connectivity index (χ0n) is 21.2. The number of benzene rings is 2. The Kier molecular flexibility index (Phi) is 11.0. The Labute approximate surface area is 239 Å². The number of thioether (sulfide) groups is 1. The molecule has 39 heavy (non-hydrogen) atoms. The number of halogens is 2. The molecule has 1 heterocycles. The number of amides is 3. The van der Waals surface area contributed by atoms with E-state index in [4.69, 9.17) is 27.9 Å². The molecule has 1 aliphatic heterocycles. The number of ether oxygens (including phenoxy) is 2. The molecule has 2 atom stereocenters. The standard InChI is InChI=1S/C26H27Cl2N3O7S/c1-37-22(33)11-10-21(32)31-14-39-13-20(31)24(34)30-19(26(36)38-2)12-15-6-8-16(9-7-15)29-25(35)23-17(27)4-3-5-18(23)28/h3-9,19-20H,10-14H2,1-2H3,(H,29,35)(H,30,34). The lowest BCUT2D eigenvalue weighted by atomic mass is 10.0. The molecule has 2 aromatic rings. The Hall–Kier alpha value is -3.28. The summed E-state index contributed by atoms with van der Waals surface area (Å²) in [6, 6.07) is 9.64. The lowest BCUT2D eigenvalue weighted by Crippen LogP contribution is -2.52. The SMILES string of the molecule is COC(=O)CCC(=O)N1CSCC1C(=O)NC(Cc1ccc(NC(=O)c2c(Cl)cccc2Cl)cc1)C(=O)OC. The summed E-state index contributed by atoms with van der Waals surface area (Å²) >= 11 is 13.6. The molecule has 3 rings (SSSR count). The molecule has 2 aromatic carbocycles. The summed E-state index contributed by atoms with van der Waals surface area (Å²) in [5, 5.41) is 5.85. The monoisotopic (exact) mass is 595 g/mol. The van der Waals surface area contributed by atoms with Gasteiger partial charge in [0.25, 0.3) is 5.91 Å². The lowest BCUT2D eigenvalue weighted by Gasteiger charge is -2.25. The maximum absolute atomic E-state index is 13.1. The van der Waals surface area contributed by atoms with Crippen molar-refractivity contribution < 1.29 is 33.4 Å². The summed E-state index contributed by atoms with van der Waals surface area (Å²) in [6.45, 7) is 0. The van der Waals surface area contributed by atoms with Gasteiger partial charge in [-0.1, -0.05) is 41.4 Å². The number of carbonyl (C=O) groups is 5. The Morgan fingerprint density at radius 3 is 2.28 bits per heavy atom. The van der Waals surface area contributed by atoms with Gasteiger partial charge >= 0.3 is 11.9 Å². The second-order valence-corrected chi connectivity index (χ2v) is 10.3. The summed E-state index contributed by atoms with van der Waals surface area (Å²) in [5.74, 6) is -1.83. The molecule has 0 aliphatic carbocycles. The van der Waals surface area contributed by atoms with Gasteiger partial charge in [-0.05, 0) is 29.8 Å². The van der Waals surface area contributed by atoms with Crippen molar-refractivity contribution in [3.8, 4) is 0 Å². The van der Waals surface area contributed by atoms with Crippen LogP contribution in [0.2, 0.25) is 10.0 Å². The molecule has 1 fully saturated rings. The molecule has 208 valence electrons. The minimum absolute atomic E-state index is 0.0803. The first kappa shape index (κ1) is 30.3.